The highest BCUT2D eigenvalue weighted by Crippen LogP contribution is 2.32. The molecule has 0 radical (unpaired) electrons. The Kier molecular flexibility index (Phi) is 6.02. The van der Waals surface area contributed by atoms with E-state index in [0.29, 0.717) is 23.6 Å². The molecule has 1 unspecified atom stereocenters. The smallest absolute Gasteiger partial charge is 0.182 e. The predicted octanol–water partition coefficient (Wildman–Crippen LogP) is 4.75. The summed E-state index contributed by atoms with van der Waals surface area (Å²) in [7, 11) is 1.64. The minimum atomic E-state index is 0.0936. The van der Waals surface area contributed by atoms with E-state index >= 15 is 0 Å². The number of ether oxygens (including phenoxy) is 2. The van der Waals surface area contributed by atoms with Gasteiger partial charge in [0.1, 0.15) is 0 Å². The van der Waals surface area contributed by atoms with Crippen molar-refractivity contribution in [2.24, 2.45) is 0 Å². The lowest BCUT2D eigenvalue weighted by Gasteiger charge is -2.31. The zero-order valence-corrected chi connectivity index (χ0v) is 16.0. The Morgan fingerprint density at radius 3 is 2.65 bits per heavy atom. The van der Waals surface area contributed by atoms with Gasteiger partial charge < -0.3 is 14.4 Å². The maximum atomic E-state index is 12.9. The van der Waals surface area contributed by atoms with Gasteiger partial charge in [0.2, 0.25) is 0 Å². The molecule has 1 fully saturated rings. The summed E-state index contributed by atoms with van der Waals surface area (Å²) in [5, 5.41) is 0. The molecule has 1 saturated carbocycles. The summed E-state index contributed by atoms with van der Waals surface area (Å²) in [4.78, 5) is 15.0. The molecule has 1 heterocycles. The number of Topliss-reactive ketones (excluding diaryl/α,β-unsaturated/α-hetero) is 1. The lowest BCUT2D eigenvalue weighted by Crippen LogP contribution is -2.36. The van der Waals surface area contributed by atoms with Crippen LogP contribution in [0.5, 0.6) is 11.5 Å². The molecule has 1 aromatic rings. The molecule has 4 heteroatoms. The van der Waals surface area contributed by atoms with Crippen molar-refractivity contribution in [3.63, 3.8) is 0 Å². The van der Waals surface area contributed by atoms with Crippen LogP contribution in [0.15, 0.2) is 42.1 Å². The van der Waals surface area contributed by atoms with E-state index in [2.05, 4.69) is 17.9 Å². The molecule has 4 nitrogen and oxygen atoms in total. The summed E-state index contributed by atoms with van der Waals surface area (Å²) in [6, 6.07) is 5.74. The molecule has 0 saturated heterocycles. The SMILES string of the molecule is COc1ccc(C(=O)CN2C(C)=CC=CC2C)cc1OC1CCCCC1. The van der Waals surface area contributed by atoms with E-state index in [1.165, 1.54) is 19.3 Å². The van der Waals surface area contributed by atoms with Crippen LogP contribution in [0, 0.1) is 0 Å². The van der Waals surface area contributed by atoms with Crippen LogP contribution in [-0.2, 0) is 0 Å². The maximum Gasteiger partial charge on any atom is 0.182 e. The van der Waals surface area contributed by atoms with Gasteiger partial charge in [-0.15, -0.1) is 0 Å². The van der Waals surface area contributed by atoms with Crippen molar-refractivity contribution in [3.05, 3.63) is 47.7 Å². The molecule has 1 aromatic carbocycles. The third kappa shape index (κ3) is 4.29. The van der Waals surface area contributed by atoms with E-state index in [0.717, 1.165) is 18.5 Å². The molecule has 0 aromatic heterocycles. The first kappa shape index (κ1) is 18.6. The Hall–Kier alpha value is -2.23. The van der Waals surface area contributed by atoms with Crippen molar-refractivity contribution in [1.82, 2.24) is 4.90 Å². The summed E-state index contributed by atoms with van der Waals surface area (Å²) >= 11 is 0. The molecular weight excluding hydrogens is 326 g/mol. The van der Waals surface area contributed by atoms with E-state index in [4.69, 9.17) is 9.47 Å². The van der Waals surface area contributed by atoms with Gasteiger partial charge in [-0.25, -0.2) is 0 Å². The zero-order chi connectivity index (χ0) is 18.5. The Morgan fingerprint density at radius 1 is 1.19 bits per heavy atom. The number of nitrogens with zero attached hydrogens (tertiary/aromatic N) is 1. The monoisotopic (exact) mass is 355 g/mol. The van der Waals surface area contributed by atoms with Gasteiger partial charge >= 0.3 is 0 Å². The number of allylic oxidation sites excluding steroid dienone is 3. The minimum absolute atomic E-state index is 0.0936. The number of rotatable bonds is 6. The molecule has 0 N–H and O–H groups in total. The summed E-state index contributed by atoms with van der Waals surface area (Å²) < 4.78 is 11.6. The average Bonchev–Trinajstić information content (AvgIpc) is 2.65. The second-order valence-corrected chi connectivity index (χ2v) is 7.23. The van der Waals surface area contributed by atoms with Gasteiger partial charge in [-0.05, 0) is 63.8 Å². The van der Waals surface area contributed by atoms with Crippen LogP contribution in [0.1, 0.15) is 56.3 Å². The van der Waals surface area contributed by atoms with Gasteiger partial charge in [0.05, 0.1) is 19.8 Å². The molecule has 1 aliphatic heterocycles. The number of hydrogen-bond acceptors (Lipinski definition) is 4. The summed E-state index contributed by atoms with van der Waals surface area (Å²) in [5.41, 5.74) is 1.78. The fraction of sp³-hybridized carbons (Fsp3) is 0.500. The average molecular weight is 355 g/mol. The lowest BCUT2D eigenvalue weighted by atomic mass is 9.97. The zero-order valence-electron chi connectivity index (χ0n) is 16.0. The van der Waals surface area contributed by atoms with Crippen LogP contribution in [0.25, 0.3) is 0 Å². The first-order valence-electron chi connectivity index (χ1n) is 9.58. The van der Waals surface area contributed by atoms with Crippen LogP contribution in [0.2, 0.25) is 0 Å². The quantitative estimate of drug-likeness (QED) is 0.690. The summed E-state index contributed by atoms with van der Waals surface area (Å²) in [6.45, 7) is 4.51. The van der Waals surface area contributed by atoms with Gasteiger partial charge in [-0.1, -0.05) is 18.6 Å². The Balaban J connectivity index is 1.74. The van der Waals surface area contributed by atoms with Crippen LogP contribution in [0.4, 0.5) is 0 Å². The molecule has 26 heavy (non-hydrogen) atoms. The van der Waals surface area contributed by atoms with Gasteiger partial charge in [-0.2, -0.15) is 0 Å². The molecule has 1 atom stereocenters. The number of carbonyl (C=O) groups excluding carboxylic acids is 1. The van der Waals surface area contributed by atoms with Crippen molar-refractivity contribution in [2.45, 2.75) is 58.1 Å². The Labute approximate surface area is 156 Å². The minimum Gasteiger partial charge on any atom is -0.493 e. The van der Waals surface area contributed by atoms with Gasteiger partial charge in [0.15, 0.2) is 17.3 Å². The highest BCUT2D eigenvalue weighted by Gasteiger charge is 2.21. The number of ketones is 1. The Bertz CT molecular complexity index is 701. The van der Waals surface area contributed by atoms with E-state index in [-0.39, 0.29) is 17.9 Å². The van der Waals surface area contributed by atoms with Crippen molar-refractivity contribution < 1.29 is 14.3 Å². The number of benzene rings is 1. The number of hydrogen-bond donors (Lipinski definition) is 0. The van der Waals surface area contributed by atoms with Crippen LogP contribution < -0.4 is 9.47 Å². The topological polar surface area (TPSA) is 38.8 Å². The first-order valence-corrected chi connectivity index (χ1v) is 9.58. The van der Waals surface area contributed by atoms with Gasteiger partial charge in [-0.3, -0.25) is 4.79 Å². The molecule has 0 bridgehead atoms. The second kappa shape index (κ2) is 8.43. The summed E-state index contributed by atoms with van der Waals surface area (Å²) in [5.74, 6) is 1.47. The molecule has 1 aliphatic carbocycles. The van der Waals surface area contributed by atoms with Crippen LogP contribution in [0.3, 0.4) is 0 Å². The Morgan fingerprint density at radius 2 is 1.96 bits per heavy atom. The molecule has 2 aliphatic rings. The first-order chi connectivity index (χ1) is 12.6. The standard InChI is InChI=1S/C22H29NO3/c1-16-8-7-9-17(2)23(16)15-20(24)18-12-13-21(25-3)22(14-18)26-19-10-5-4-6-11-19/h7-9,12-14,16,19H,4-6,10-11,15H2,1-3H3. The van der Waals surface area contributed by atoms with Crippen LogP contribution >= 0.6 is 0 Å². The molecule has 3 rings (SSSR count). The highest BCUT2D eigenvalue weighted by atomic mass is 16.5. The largest absolute Gasteiger partial charge is 0.493 e. The van der Waals surface area contributed by atoms with E-state index in [1.54, 1.807) is 7.11 Å². The molecule has 140 valence electrons. The number of carbonyl (C=O) groups is 1. The van der Waals surface area contributed by atoms with E-state index in [9.17, 15) is 4.79 Å². The van der Waals surface area contributed by atoms with Gasteiger partial charge in [0.25, 0.3) is 0 Å². The third-order valence-corrected chi connectivity index (χ3v) is 5.32. The van der Waals surface area contributed by atoms with Gasteiger partial charge in [0, 0.05) is 17.3 Å². The lowest BCUT2D eigenvalue weighted by molar-refractivity contribution is 0.0937. The second-order valence-electron chi connectivity index (χ2n) is 7.23. The maximum absolute atomic E-state index is 12.9. The fourth-order valence-corrected chi connectivity index (χ4v) is 3.70. The number of methoxy groups -OCH3 is 1. The van der Waals surface area contributed by atoms with Crippen molar-refractivity contribution in [2.75, 3.05) is 13.7 Å². The van der Waals surface area contributed by atoms with Crippen molar-refractivity contribution >= 4 is 5.78 Å². The van der Waals surface area contributed by atoms with E-state index < -0.39 is 0 Å². The van der Waals surface area contributed by atoms with Crippen molar-refractivity contribution in [1.29, 1.82) is 0 Å². The van der Waals surface area contributed by atoms with Crippen LogP contribution in [-0.4, -0.2) is 36.5 Å². The molecular formula is C22H29NO3. The molecule has 0 amide bonds. The fourth-order valence-electron chi connectivity index (χ4n) is 3.70. The van der Waals surface area contributed by atoms with E-state index in [1.807, 2.05) is 37.3 Å². The predicted molar refractivity (Wildman–Crippen MR) is 104 cm³/mol. The highest BCUT2D eigenvalue weighted by molar-refractivity contribution is 5.98. The normalized spacial score (nSPS) is 20.7. The summed E-state index contributed by atoms with van der Waals surface area (Å²) in [6.07, 6.45) is 12.3. The van der Waals surface area contributed by atoms with Crippen molar-refractivity contribution in [3.8, 4) is 11.5 Å². The third-order valence-electron chi connectivity index (χ3n) is 5.32. The molecule has 0 spiro atoms.